The highest BCUT2D eigenvalue weighted by molar-refractivity contribution is 5.91. The average Bonchev–Trinajstić information content (AvgIpc) is 3.09. The fourth-order valence-corrected chi connectivity index (χ4v) is 3.82. The summed E-state index contributed by atoms with van der Waals surface area (Å²) in [4.78, 5) is 47.7. The van der Waals surface area contributed by atoms with Crippen molar-refractivity contribution >= 4 is 30.0 Å². The van der Waals surface area contributed by atoms with E-state index in [1.165, 1.54) is 49.4 Å². The third-order valence-corrected chi connectivity index (χ3v) is 6.38. The van der Waals surface area contributed by atoms with Gasteiger partial charge in [-0.1, -0.05) is 49.6 Å². The van der Waals surface area contributed by atoms with E-state index in [0.717, 1.165) is 16.7 Å². The molecule has 0 N–H and O–H groups in total. The predicted octanol–water partition coefficient (Wildman–Crippen LogP) is 7.10. The van der Waals surface area contributed by atoms with Crippen molar-refractivity contribution in [3.05, 3.63) is 139 Å². The molecular formula is C38H32O10. The van der Waals surface area contributed by atoms with Gasteiger partial charge in [0.05, 0.1) is 5.56 Å². The van der Waals surface area contributed by atoms with E-state index in [0.29, 0.717) is 17.1 Å². The van der Waals surface area contributed by atoms with Crippen LogP contribution in [0.1, 0.15) is 29.8 Å². The van der Waals surface area contributed by atoms with Gasteiger partial charge < -0.3 is 28.4 Å². The molecule has 0 aliphatic carbocycles. The lowest BCUT2D eigenvalue weighted by Gasteiger charge is -2.08. The topological polar surface area (TPSA) is 124 Å². The molecule has 244 valence electrons. The first kappa shape index (κ1) is 34.5. The number of ether oxygens (including phenoxy) is 6. The maximum Gasteiger partial charge on any atom is 0.343 e. The molecule has 0 aliphatic heterocycles. The molecule has 0 fully saturated rings. The second-order valence-corrected chi connectivity index (χ2v) is 10.2. The van der Waals surface area contributed by atoms with E-state index in [9.17, 15) is 19.2 Å². The summed E-state index contributed by atoms with van der Waals surface area (Å²) in [6.07, 6.45) is 2.95. The van der Waals surface area contributed by atoms with Crippen LogP contribution in [0.25, 0.3) is 17.2 Å². The molecule has 10 heteroatoms. The van der Waals surface area contributed by atoms with Gasteiger partial charge in [-0.05, 0) is 97.3 Å². The Balaban J connectivity index is 1.21. The van der Waals surface area contributed by atoms with Crippen molar-refractivity contribution in [1.82, 2.24) is 0 Å². The maximum absolute atomic E-state index is 12.5. The summed E-state index contributed by atoms with van der Waals surface area (Å²) in [5, 5.41) is 0. The fourth-order valence-electron chi connectivity index (χ4n) is 3.82. The molecule has 0 amide bonds. The van der Waals surface area contributed by atoms with E-state index < -0.39 is 23.9 Å². The van der Waals surface area contributed by atoms with Crippen molar-refractivity contribution in [2.75, 3.05) is 13.6 Å². The van der Waals surface area contributed by atoms with Crippen molar-refractivity contribution in [2.24, 2.45) is 0 Å². The molecular weight excluding hydrogens is 616 g/mol. The van der Waals surface area contributed by atoms with Crippen LogP contribution >= 0.6 is 0 Å². The van der Waals surface area contributed by atoms with Crippen LogP contribution in [-0.2, 0) is 23.9 Å². The number of hydrogen-bond donors (Lipinski definition) is 0. The van der Waals surface area contributed by atoms with Gasteiger partial charge in [-0.3, -0.25) is 0 Å². The molecule has 0 atom stereocenters. The summed E-state index contributed by atoms with van der Waals surface area (Å²) >= 11 is 0. The van der Waals surface area contributed by atoms with Gasteiger partial charge in [0.2, 0.25) is 13.6 Å². The molecule has 0 unspecified atom stereocenters. The van der Waals surface area contributed by atoms with Crippen molar-refractivity contribution in [1.29, 1.82) is 0 Å². The Morgan fingerprint density at radius 3 is 1.46 bits per heavy atom. The molecule has 48 heavy (non-hydrogen) atoms. The highest BCUT2D eigenvalue weighted by atomic mass is 16.7. The summed E-state index contributed by atoms with van der Waals surface area (Å²) in [5.74, 6) is -0.773. The van der Waals surface area contributed by atoms with Crippen molar-refractivity contribution in [3.8, 4) is 34.1 Å². The monoisotopic (exact) mass is 648 g/mol. The van der Waals surface area contributed by atoms with E-state index in [2.05, 4.69) is 13.2 Å². The Morgan fingerprint density at radius 1 is 0.562 bits per heavy atom. The lowest BCUT2D eigenvalue weighted by molar-refractivity contribution is -0.146. The quantitative estimate of drug-likeness (QED) is 0.0605. The van der Waals surface area contributed by atoms with Gasteiger partial charge in [-0.15, -0.1) is 0 Å². The van der Waals surface area contributed by atoms with Gasteiger partial charge in [0.25, 0.3) is 0 Å². The second-order valence-electron chi connectivity index (χ2n) is 10.2. The fraction of sp³-hybridized carbons (Fsp3) is 0.105. The highest BCUT2D eigenvalue weighted by Crippen LogP contribution is 2.24. The highest BCUT2D eigenvalue weighted by Gasteiger charge is 2.11. The zero-order valence-corrected chi connectivity index (χ0v) is 26.3. The van der Waals surface area contributed by atoms with Crippen LogP contribution in [0.3, 0.4) is 0 Å². The van der Waals surface area contributed by atoms with Gasteiger partial charge in [0.1, 0.15) is 23.0 Å². The van der Waals surface area contributed by atoms with E-state index in [4.69, 9.17) is 28.4 Å². The van der Waals surface area contributed by atoms with Crippen LogP contribution in [0.2, 0.25) is 0 Å². The van der Waals surface area contributed by atoms with Crippen molar-refractivity contribution in [3.63, 3.8) is 0 Å². The molecule has 0 spiro atoms. The van der Waals surface area contributed by atoms with Crippen LogP contribution in [-0.4, -0.2) is 37.5 Å². The zero-order valence-electron chi connectivity index (χ0n) is 26.3. The first-order chi connectivity index (χ1) is 23.1. The first-order valence-corrected chi connectivity index (χ1v) is 14.5. The second kappa shape index (κ2) is 16.8. The minimum atomic E-state index is -0.598. The Morgan fingerprint density at radius 2 is 0.979 bits per heavy atom. The maximum atomic E-state index is 12.5. The number of carbonyl (C=O) groups excluding carboxylic acids is 4. The van der Waals surface area contributed by atoms with Crippen LogP contribution in [0.5, 0.6) is 23.0 Å². The van der Waals surface area contributed by atoms with Crippen molar-refractivity contribution in [2.45, 2.75) is 13.8 Å². The minimum absolute atomic E-state index is 0.205. The van der Waals surface area contributed by atoms with Gasteiger partial charge in [0.15, 0.2) is 0 Å². The molecule has 0 aromatic heterocycles. The van der Waals surface area contributed by atoms with Crippen LogP contribution in [0, 0.1) is 0 Å². The Bertz CT molecular complexity index is 1800. The minimum Gasteiger partial charge on any atom is -0.457 e. The number of benzene rings is 4. The normalized spacial score (nSPS) is 10.5. The SMILES string of the molecule is C=C(C)C(=O)OCOc1ccc(C(=O)Oc2ccc(OC(=O)/C=C/c3ccc(-c4ccc(OCOC(=O)C(=C)C)cc4)cc3)cc2)cc1. The van der Waals surface area contributed by atoms with Gasteiger partial charge in [-0.2, -0.15) is 0 Å². The molecule has 0 saturated carbocycles. The number of hydrogen-bond acceptors (Lipinski definition) is 10. The van der Waals surface area contributed by atoms with E-state index >= 15 is 0 Å². The van der Waals surface area contributed by atoms with Gasteiger partial charge >= 0.3 is 23.9 Å². The summed E-state index contributed by atoms with van der Waals surface area (Å²) in [7, 11) is 0. The summed E-state index contributed by atoms with van der Waals surface area (Å²) < 4.78 is 31.3. The standard InChI is InChI=1S/C38H32O10/c1-25(2)36(40)45-23-43-31-14-10-29(11-15-31)28-8-5-27(6-9-28)7-22-35(39)47-33-18-20-34(21-19-33)48-38(42)30-12-16-32(17-13-30)44-24-46-37(41)26(3)4/h5-22H,1,3,23-24H2,2,4H3/b22-7+. The smallest absolute Gasteiger partial charge is 0.343 e. The van der Waals surface area contributed by atoms with E-state index in [1.54, 1.807) is 37.3 Å². The summed E-state index contributed by atoms with van der Waals surface area (Å²) in [6, 6.07) is 27.0. The van der Waals surface area contributed by atoms with Crippen molar-refractivity contribution < 1.29 is 47.6 Å². The molecule has 0 radical (unpaired) electrons. The third-order valence-electron chi connectivity index (χ3n) is 6.38. The molecule has 0 bridgehead atoms. The predicted molar refractivity (Wildman–Crippen MR) is 177 cm³/mol. The zero-order chi connectivity index (χ0) is 34.5. The lowest BCUT2D eigenvalue weighted by Crippen LogP contribution is -2.11. The summed E-state index contributed by atoms with van der Waals surface area (Å²) in [6.45, 7) is 9.60. The Hall–Kier alpha value is -6.42. The van der Waals surface area contributed by atoms with Gasteiger partial charge in [0, 0.05) is 17.2 Å². The molecule has 4 rings (SSSR count). The largest absolute Gasteiger partial charge is 0.457 e. The van der Waals surface area contributed by atoms with Crippen LogP contribution in [0.15, 0.2) is 127 Å². The molecule has 0 saturated heterocycles. The van der Waals surface area contributed by atoms with Crippen LogP contribution in [0.4, 0.5) is 0 Å². The molecule has 10 nitrogen and oxygen atoms in total. The number of carbonyl (C=O) groups is 4. The number of rotatable bonds is 14. The van der Waals surface area contributed by atoms with Crippen LogP contribution < -0.4 is 18.9 Å². The van der Waals surface area contributed by atoms with Gasteiger partial charge in [-0.25, -0.2) is 19.2 Å². The Labute approximate surface area is 277 Å². The summed E-state index contributed by atoms with van der Waals surface area (Å²) in [5.41, 5.74) is 3.54. The van der Waals surface area contributed by atoms with E-state index in [1.807, 2.05) is 36.4 Å². The lowest BCUT2D eigenvalue weighted by atomic mass is 10.0. The average molecular weight is 649 g/mol. The number of esters is 4. The molecule has 0 aliphatic rings. The first-order valence-electron chi connectivity index (χ1n) is 14.5. The molecule has 0 heterocycles. The molecule has 4 aromatic rings. The third kappa shape index (κ3) is 10.6. The van der Waals surface area contributed by atoms with E-state index in [-0.39, 0.29) is 36.2 Å². The molecule has 4 aromatic carbocycles. The Kier molecular flexibility index (Phi) is 12.0.